The third kappa shape index (κ3) is 1.93. The highest BCUT2D eigenvalue weighted by Gasteiger charge is 2.30. The second-order valence-electron chi connectivity index (χ2n) is 4.26. The van der Waals surface area contributed by atoms with Gasteiger partial charge >= 0.3 is 0 Å². The van der Waals surface area contributed by atoms with Crippen LogP contribution < -0.4 is 0 Å². The van der Waals surface area contributed by atoms with Gasteiger partial charge in [0.25, 0.3) is 0 Å². The first-order chi connectivity index (χ1) is 8.07. The van der Waals surface area contributed by atoms with Gasteiger partial charge in [0.1, 0.15) is 11.5 Å². The molecule has 0 saturated carbocycles. The van der Waals surface area contributed by atoms with Crippen molar-refractivity contribution in [3.63, 3.8) is 0 Å². The monoisotopic (exact) mass is 232 g/mol. The molecule has 2 aromatic heterocycles. The van der Waals surface area contributed by atoms with E-state index in [4.69, 9.17) is 8.83 Å². The topological polar surface area (TPSA) is 60.4 Å². The molecule has 0 unspecified atom stereocenters. The van der Waals surface area contributed by atoms with Crippen LogP contribution in [0.3, 0.4) is 0 Å². The van der Waals surface area contributed by atoms with Crippen LogP contribution in [0.2, 0.25) is 0 Å². The molecule has 2 aromatic rings. The predicted molar refractivity (Wildman–Crippen MR) is 60.3 cm³/mol. The van der Waals surface area contributed by atoms with Gasteiger partial charge in [0.05, 0.1) is 5.41 Å². The van der Waals surface area contributed by atoms with E-state index in [1.807, 2.05) is 13.8 Å². The molecule has 4 nitrogen and oxygen atoms in total. The fourth-order valence-corrected chi connectivity index (χ4v) is 1.63. The summed E-state index contributed by atoms with van der Waals surface area (Å²) < 4.78 is 10.8. The van der Waals surface area contributed by atoms with Crippen molar-refractivity contribution in [1.82, 2.24) is 0 Å². The van der Waals surface area contributed by atoms with Gasteiger partial charge in [-0.2, -0.15) is 0 Å². The summed E-state index contributed by atoms with van der Waals surface area (Å²) in [5.74, 6) is 1.78. The second-order valence-corrected chi connectivity index (χ2v) is 4.26. The van der Waals surface area contributed by atoms with Crippen molar-refractivity contribution in [2.75, 3.05) is 0 Å². The van der Waals surface area contributed by atoms with E-state index in [0.717, 1.165) is 0 Å². The van der Waals surface area contributed by atoms with Crippen LogP contribution in [0.1, 0.15) is 46.5 Å². The minimum atomic E-state index is -0.525. The molecule has 88 valence electrons. The van der Waals surface area contributed by atoms with Crippen LogP contribution in [0.15, 0.2) is 33.1 Å². The standard InChI is InChI=1S/C13H12O4/c1-13(2,11-5-3-9(7-14)16-11)12-6-4-10(8-15)17-12/h3-8H,1-2H3. The average molecular weight is 232 g/mol. The van der Waals surface area contributed by atoms with E-state index in [-0.39, 0.29) is 11.5 Å². The molecule has 0 aliphatic carbocycles. The molecule has 0 aliphatic rings. The van der Waals surface area contributed by atoms with E-state index in [1.54, 1.807) is 24.3 Å². The molecule has 4 heteroatoms. The zero-order valence-electron chi connectivity index (χ0n) is 9.60. The molecule has 0 bridgehead atoms. The Balaban J connectivity index is 2.40. The Bertz CT molecular complexity index is 497. The van der Waals surface area contributed by atoms with Gasteiger partial charge in [0, 0.05) is 0 Å². The Labute approximate surface area is 98.2 Å². The Morgan fingerprint density at radius 3 is 1.59 bits per heavy atom. The number of carbonyl (C=O) groups is 2. The lowest BCUT2D eigenvalue weighted by atomic mass is 9.87. The molecule has 0 N–H and O–H groups in total. The first-order valence-electron chi connectivity index (χ1n) is 5.19. The second kappa shape index (κ2) is 4.05. The summed E-state index contributed by atoms with van der Waals surface area (Å²) in [5, 5.41) is 0. The SMILES string of the molecule is CC(C)(c1ccc(C=O)o1)c1ccc(C=O)o1. The molecule has 0 atom stereocenters. The maximum absolute atomic E-state index is 10.6. The third-order valence-electron chi connectivity index (χ3n) is 2.72. The molecule has 0 amide bonds. The van der Waals surface area contributed by atoms with Gasteiger partial charge in [-0.1, -0.05) is 0 Å². The lowest BCUT2D eigenvalue weighted by Crippen LogP contribution is -2.17. The van der Waals surface area contributed by atoms with Crippen LogP contribution in [0.5, 0.6) is 0 Å². The van der Waals surface area contributed by atoms with Crippen molar-refractivity contribution >= 4 is 12.6 Å². The zero-order chi connectivity index (χ0) is 12.5. The third-order valence-corrected chi connectivity index (χ3v) is 2.72. The molecule has 2 rings (SSSR count). The summed E-state index contributed by atoms with van der Waals surface area (Å²) in [7, 11) is 0. The van der Waals surface area contributed by atoms with Crippen LogP contribution in [0.25, 0.3) is 0 Å². The van der Waals surface area contributed by atoms with Gasteiger partial charge in [-0.15, -0.1) is 0 Å². The Morgan fingerprint density at radius 1 is 0.882 bits per heavy atom. The number of rotatable bonds is 4. The maximum atomic E-state index is 10.6. The number of carbonyl (C=O) groups excluding carboxylic acids is 2. The summed E-state index contributed by atoms with van der Waals surface area (Å²) in [6.45, 7) is 3.79. The average Bonchev–Trinajstić information content (AvgIpc) is 2.98. The fourth-order valence-electron chi connectivity index (χ4n) is 1.63. The minimum absolute atomic E-state index is 0.273. The molecular formula is C13H12O4. The van der Waals surface area contributed by atoms with Crippen molar-refractivity contribution in [3.8, 4) is 0 Å². The van der Waals surface area contributed by atoms with E-state index in [9.17, 15) is 9.59 Å². The molecule has 0 saturated heterocycles. The fraction of sp³-hybridized carbons (Fsp3) is 0.231. The van der Waals surface area contributed by atoms with Crippen LogP contribution in [0.4, 0.5) is 0 Å². The first-order valence-corrected chi connectivity index (χ1v) is 5.19. The number of furan rings is 2. The summed E-state index contributed by atoms with van der Waals surface area (Å²) in [6, 6.07) is 6.67. The lowest BCUT2D eigenvalue weighted by Gasteiger charge is -2.18. The lowest BCUT2D eigenvalue weighted by molar-refractivity contribution is 0.109. The summed E-state index contributed by atoms with van der Waals surface area (Å²) >= 11 is 0. The summed E-state index contributed by atoms with van der Waals surface area (Å²) in [6.07, 6.45) is 1.30. The number of hydrogen-bond donors (Lipinski definition) is 0. The Morgan fingerprint density at radius 2 is 1.29 bits per heavy atom. The molecule has 2 heterocycles. The van der Waals surface area contributed by atoms with Gasteiger partial charge in [-0.25, -0.2) is 0 Å². The van der Waals surface area contributed by atoms with Gasteiger partial charge in [0.15, 0.2) is 24.1 Å². The van der Waals surface area contributed by atoms with Crippen LogP contribution in [0, 0.1) is 0 Å². The smallest absolute Gasteiger partial charge is 0.185 e. The van der Waals surface area contributed by atoms with E-state index in [1.165, 1.54) is 0 Å². The molecule has 0 aromatic carbocycles. The quantitative estimate of drug-likeness (QED) is 0.760. The van der Waals surface area contributed by atoms with Crippen LogP contribution in [-0.4, -0.2) is 12.6 Å². The van der Waals surface area contributed by atoms with Gasteiger partial charge in [-0.05, 0) is 38.1 Å². The minimum Gasteiger partial charge on any atom is -0.457 e. The van der Waals surface area contributed by atoms with Crippen molar-refractivity contribution < 1.29 is 18.4 Å². The normalized spacial score (nSPS) is 11.4. The summed E-state index contributed by atoms with van der Waals surface area (Å²) in [4.78, 5) is 21.1. The van der Waals surface area contributed by atoms with Crippen molar-refractivity contribution in [3.05, 3.63) is 47.3 Å². The maximum Gasteiger partial charge on any atom is 0.185 e. The molecular weight excluding hydrogens is 220 g/mol. The zero-order valence-corrected chi connectivity index (χ0v) is 9.60. The Kier molecular flexibility index (Phi) is 2.71. The van der Waals surface area contributed by atoms with Gasteiger partial charge in [-0.3, -0.25) is 9.59 Å². The first kappa shape index (κ1) is 11.4. The molecule has 0 fully saturated rings. The summed E-state index contributed by atoms with van der Waals surface area (Å²) in [5.41, 5.74) is -0.525. The molecule has 0 radical (unpaired) electrons. The van der Waals surface area contributed by atoms with Crippen LogP contribution in [-0.2, 0) is 5.41 Å². The van der Waals surface area contributed by atoms with E-state index >= 15 is 0 Å². The van der Waals surface area contributed by atoms with E-state index in [0.29, 0.717) is 24.1 Å². The van der Waals surface area contributed by atoms with Gasteiger partial charge in [0.2, 0.25) is 0 Å². The molecule has 0 aliphatic heterocycles. The van der Waals surface area contributed by atoms with Crippen molar-refractivity contribution in [1.29, 1.82) is 0 Å². The van der Waals surface area contributed by atoms with E-state index < -0.39 is 5.41 Å². The van der Waals surface area contributed by atoms with Gasteiger partial charge < -0.3 is 8.83 Å². The largest absolute Gasteiger partial charge is 0.457 e. The number of aldehydes is 2. The molecule has 17 heavy (non-hydrogen) atoms. The molecule has 0 spiro atoms. The van der Waals surface area contributed by atoms with Crippen molar-refractivity contribution in [2.45, 2.75) is 19.3 Å². The predicted octanol–water partition coefficient (Wildman–Crippen LogP) is 2.82. The highest BCUT2D eigenvalue weighted by Crippen LogP contribution is 2.33. The highest BCUT2D eigenvalue weighted by atomic mass is 16.4. The van der Waals surface area contributed by atoms with Crippen LogP contribution >= 0.6 is 0 Å². The Hall–Kier alpha value is -2.10. The van der Waals surface area contributed by atoms with Crippen molar-refractivity contribution in [2.24, 2.45) is 0 Å². The number of hydrogen-bond acceptors (Lipinski definition) is 4. The highest BCUT2D eigenvalue weighted by molar-refractivity contribution is 5.71. The van der Waals surface area contributed by atoms with E-state index in [2.05, 4.69) is 0 Å².